The molecule has 1 amide bonds. The lowest BCUT2D eigenvalue weighted by Gasteiger charge is -2.35. The molecule has 0 aliphatic carbocycles. The van der Waals surface area contributed by atoms with Gasteiger partial charge >= 0.3 is 11.4 Å². The van der Waals surface area contributed by atoms with E-state index in [2.05, 4.69) is 4.98 Å². The lowest BCUT2D eigenvalue weighted by Crippen LogP contribution is -2.53. The molecule has 43 heavy (non-hydrogen) atoms. The van der Waals surface area contributed by atoms with Gasteiger partial charge in [-0.1, -0.05) is 36.4 Å². The first kappa shape index (κ1) is 30.0. The van der Waals surface area contributed by atoms with Gasteiger partial charge in [0.2, 0.25) is 0 Å². The molecule has 1 aromatic heterocycles. The average Bonchev–Trinajstić information content (AvgIpc) is 3.32. The highest BCUT2D eigenvalue weighted by Crippen LogP contribution is 2.27. The summed E-state index contributed by atoms with van der Waals surface area (Å²) in [6.45, 7) is 3.62. The Bertz CT molecular complexity index is 1830. The van der Waals surface area contributed by atoms with Crippen LogP contribution in [0.1, 0.15) is 27.0 Å². The third-order valence-corrected chi connectivity index (χ3v) is 9.25. The first-order valence-electron chi connectivity index (χ1n) is 13.7. The fourth-order valence-electron chi connectivity index (χ4n) is 4.93. The largest absolute Gasteiger partial charge is 0.489 e. The summed E-state index contributed by atoms with van der Waals surface area (Å²) < 4.78 is 39.1. The van der Waals surface area contributed by atoms with Crippen molar-refractivity contribution in [3.63, 3.8) is 0 Å². The van der Waals surface area contributed by atoms with E-state index in [1.54, 1.807) is 29.2 Å². The fraction of sp³-hybridized carbons (Fsp3) is 0.300. The van der Waals surface area contributed by atoms with Crippen molar-refractivity contribution in [2.24, 2.45) is 0 Å². The highest BCUT2D eigenvalue weighted by atomic mass is 32.2. The molecular weight excluding hydrogens is 574 g/mol. The smallest absolute Gasteiger partial charge is 0.440 e. The molecule has 4 aromatic rings. The second-order valence-corrected chi connectivity index (χ2v) is 12.6. The van der Waals surface area contributed by atoms with Crippen molar-refractivity contribution in [2.45, 2.75) is 20.1 Å². The Morgan fingerprint density at radius 1 is 0.953 bits per heavy atom. The van der Waals surface area contributed by atoms with E-state index in [9.17, 15) is 22.8 Å². The number of H-pyrrole nitrogens is 1. The van der Waals surface area contributed by atoms with Crippen LogP contribution in [0.25, 0.3) is 11.1 Å². The number of carbonyl (C=O) groups is 1. The van der Waals surface area contributed by atoms with Crippen molar-refractivity contribution in [3.05, 3.63) is 110 Å². The average molecular weight is 608 g/mol. The van der Waals surface area contributed by atoms with Gasteiger partial charge in [0.15, 0.2) is 0 Å². The van der Waals surface area contributed by atoms with Crippen LogP contribution in [0.15, 0.2) is 80.8 Å². The van der Waals surface area contributed by atoms with Crippen LogP contribution >= 0.6 is 0 Å². The van der Waals surface area contributed by atoms with Crippen molar-refractivity contribution in [2.75, 3.05) is 40.3 Å². The number of ether oxygens (including phenoxy) is 1. The SMILES string of the molecule is Cc1cc(C(=O)N2CCN(S(=O)(=O)N(C)C)CC2)ccc1-c1cccc(COc2ccc(Cn3oc(=O)[nH]c3=O)cc2)c1. The normalized spacial score (nSPS) is 14.3. The summed E-state index contributed by atoms with van der Waals surface area (Å²) in [5.74, 6) is -0.261. The number of piperazine rings is 1. The number of benzene rings is 3. The lowest BCUT2D eigenvalue weighted by molar-refractivity contribution is 0.0695. The summed E-state index contributed by atoms with van der Waals surface area (Å²) in [7, 11) is -0.495. The third kappa shape index (κ3) is 6.79. The molecule has 0 bridgehead atoms. The molecule has 1 N–H and O–H groups in total. The van der Waals surface area contributed by atoms with Crippen molar-refractivity contribution < 1.29 is 22.5 Å². The number of carbonyl (C=O) groups excluding carboxylic acids is 1. The maximum absolute atomic E-state index is 13.2. The molecule has 5 rings (SSSR count). The Kier molecular flexibility index (Phi) is 8.67. The van der Waals surface area contributed by atoms with Crippen LogP contribution in [-0.2, 0) is 23.4 Å². The first-order chi connectivity index (χ1) is 20.5. The molecule has 13 heteroatoms. The number of aromatic nitrogens is 2. The monoisotopic (exact) mass is 607 g/mol. The molecular formula is C30H33N5O7S. The van der Waals surface area contributed by atoms with Gasteiger partial charge in [0.05, 0.1) is 6.54 Å². The molecule has 0 radical (unpaired) electrons. The summed E-state index contributed by atoms with van der Waals surface area (Å²) in [6, 6.07) is 20.8. The first-order valence-corrected chi connectivity index (χ1v) is 15.1. The molecule has 0 spiro atoms. The van der Waals surface area contributed by atoms with Gasteiger partial charge in [-0.15, -0.1) is 4.74 Å². The number of aryl methyl sites for hydroxylation is 1. The summed E-state index contributed by atoms with van der Waals surface area (Å²) in [4.78, 5) is 39.7. The van der Waals surface area contributed by atoms with E-state index in [0.717, 1.165) is 32.6 Å². The van der Waals surface area contributed by atoms with Crippen molar-refractivity contribution in [1.82, 2.24) is 23.2 Å². The minimum absolute atomic E-state index is 0.116. The highest BCUT2D eigenvalue weighted by molar-refractivity contribution is 7.86. The molecule has 1 saturated heterocycles. The van der Waals surface area contributed by atoms with Gasteiger partial charge in [-0.2, -0.15) is 17.0 Å². The summed E-state index contributed by atoms with van der Waals surface area (Å²) >= 11 is 0. The van der Waals surface area contributed by atoms with Crippen molar-refractivity contribution in [3.8, 4) is 16.9 Å². The standard InChI is InChI=1S/C30H33N5O7S/c1-21-17-25(28(36)33-13-15-34(16-14-33)43(39,40)32(2)3)9-12-27(21)24-6-4-5-23(18-24)20-41-26-10-7-22(8-11-26)19-35-29(37)31-30(38)42-35/h4-12,17-18H,13-16,19-20H2,1-3H3,(H,31,37,38). The Morgan fingerprint density at radius 2 is 1.67 bits per heavy atom. The van der Waals surface area contributed by atoms with Gasteiger partial charge in [0.1, 0.15) is 12.4 Å². The molecule has 0 atom stereocenters. The van der Waals surface area contributed by atoms with Crippen molar-refractivity contribution in [1.29, 1.82) is 0 Å². The number of hydrogen-bond acceptors (Lipinski definition) is 7. The summed E-state index contributed by atoms with van der Waals surface area (Å²) in [6.07, 6.45) is 0. The molecule has 226 valence electrons. The van der Waals surface area contributed by atoms with E-state index in [-0.39, 0.29) is 25.5 Å². The Balaban J connectivity index is 1.20. The van der Waals surface area contributed by atoms with Crippen molar-refractivity contribution >= 4 is 16.1 Å². The second-order valence-electron chi connectivity index (χ2n) is 10.5. The number of hydrogen-bond donors (Lipinski definition) is 1. The number of amides is 1. The summed E-state index contributed by atoms with van der Waals surface area (Å²) in [5.41, 5.74) is 4.64. The quantitative estimate of drug-likeness (QED) is 0.308. The number of nitrogens with one attached hydrogen (secondary N) is 1. The molecule has 1 aliphatic rings. The van der Waals surface area contributed by atoms with Crippen LogP contribution in [0.5, 0.6) is 5.75 Å². The lowest BCUT2D eigenvalue weighted by atomic mass is 9.97. The van der Waals surface area contributed by atoms with E-state index >= 15 is 0 Å². The van der Waals surface area contributed by atoms with E-state index in [4.69, 9.17) is 9.26 Å². The zero-order valence-electron chi connectivity index (χ0n) is 24.1. The van der Waals surface area contributed by atoms with Crippen LogP contribution in [-0.4, -0.2) is 77.8 Å². The third-order valence-electron chi connectivity index (χ3n) is 7.31. The van der Waals surface area contributed by atoms with Gasteiger partial charge in [-0.25, -0.2) is 14.6 Å². The molecule has 2 heterocycles. The minimum atomic E-state index is -3.50. The van der Waals surface area contributed by atoms with Gasteiger partial charge < -0.3 is 14.2 Å². The minimum Gasteiger partial charge on any atom is -0.489 e. The van der Waals surface area contributed by atoms with Crippen LogP contribution in [0.4, 0.5) is 0 Å². The molecule has 1 fully saturated rings. The van der Waals surface area contributed by atoms with Gasteiger partial charge in [0, 0.05) is 45.8 Å². The highest BCUT2D eigenvalue weighted by Gasteiger charge is 2.30. The van der Waals surface area contributed by atoms with E-state index in [1.165, 1.54) is 22.7 Å². The van der Waals surface area contributed by atoms with E-state index in [0.29, 0.717) is 31.0 Å². The maximum atomic E-state index is 13.2. The Morgan fingerprint density at radius 3 is 2.30 bits per heavy atom. The number of nitrogens with zero attached hydrogens (tertiary/aromatic N) is 4. The number of aromatic amines is 1. The second kappa shape index (κ2) is 12.4. The predicted molar refractivity (Wildman–Crippen MR) is 160 cm³/mol. The van der Waals surface area contributed by atoms with E-state index in [1.807, 2.05) is 49.4 Å². The zero-order valence-corrected chi connectivity index (χ0v) is 25.0. The summed E-state index contributed by atoms with van der Waals surface area (Å²) in [5, 5.41) is 0. The topological polar surface area (TPSA) is 138 Å². The zero-order chi connectivity index (χ0) is 30.7. The predicted octanol–water partition coefficient (Wildman–Crippen LogP) is 2.30. The Labute approximate surface area is 248 Å². The van der Waals surface area contributed by atoms with Crippen LogP contribution in [0.3, 0.4) is 0 Å². The fourth-order valence-corrected chi connectivity index (χ4v) is 6.01. The molecule has 1 aliphatic heterocycles. The van der Waals surface area contributed by atoms with Gasteiger partial charge in [-0.3, -0.25) is 4.79 Å². The van der Waals surface area contributed by atoms with Gasteiger partial charge in [0.25, 0.3) is 16.1 Å². The van der Waals surface area contributed by atoms with Crippen LogP contribution in [0, 0.1) is 6.92 Å². The van der Waals surface area contributed by atoms with Gasteiger partial charge in [-0.05, 0) is 65.1 Å². The Hall–Kier alpha value is -4.46. The van der Waals surface area contributed by atoms with E-state index < -0.39 is 21.7 Å². The molecule has 12 nitrogen and oxygen atoms in total. The maximum Gasteiger partial charge on any atom is 0.440 e. The van der Waals surface area contributed by atoms with Crippen LogP contribution < -0.4 is 16.2 Å². The molecule has 0 unspecified atom stereocenters. The van der Waals surface area contributed by atoms with Crippen LogP contribution in [0.2, 0.25) is 0 Å². The molecule has 0 saturated carbocycles. The number of rotatable bonds is 9. The molecule has 3 aromatic carbocycles.